The summed E-state index contributed by atoms with van der Waals surface area (Å²) in [4.78, 5) is 4.72. The van der Waals surface area contributed by atoms with Crippen LogP contribution in [0.25, 0.3) is 0 Å². The number of halogens is 1. The van der Waals surface area contributed by atoms with Gasteiger partial charge in [-0.15, -0.1) is 0 Å². The molecule has 13 heavy (non-hydrogen) atoms. The van der Waals surface area contributed by atoms with Gasteiger partial charge >= 0.3 is 0 Å². The lowest BCUT2D eigenvalue weighted by Crippen LogP contribution is -2.50. The molecule has 2 saturated heterocycles. The number of nitrogens with zero attached hydrogens (tertiary/aromatic N) is 2. The van der Waals surface area contributed by atoms with Gasteiger partial charge in [-0.1, -0.05) is 6.92 Å². The predicted octanol–water partition coefficient (Wildman–Crippen LogP) is 0.982. The highest BCUT2D eigenvalue weighted by Gasteiger charge is 2.30. The van der Waals surface area contributed by atoms with E-state index in [-0.39, 0.29) is 0 Å². The molecule has 0 aromatic carbocycles. The average molecular weight is 186 g/mol. The fraction of sp³-hybridized carbons (Fsp3) is 1.00. The van der Waals surface area contributed by atoms with Gasteiger partial charge in [-0.25, -0.2) is 4.39 Å². The van der Waals surface area contributed by atoms with Gasteiger partial charge in [0.25, 0.3) is 0 Å². The summed E-state index contributed by atoms with van der Waals surface area (Å²) in [6.45, 7) is 8.60. The van der Waals surface area contributed by atoms with Crippen molar-refractivity contribution in [2.24, 2.45) is 5.92 Å². The minimum Gasteiger partial charge on any atom is -0.303 e. The van der Waals surface area contributed by atoms with Crippen molar-refractivity contribution < 1.29 is 4.39 Å². The van der Waals surface area contributed by atoms with Crippen LogP contribution in [0.5, 0.6) is 0 Å². The molecule has 0 spiro atoms. The Morgan fingerprint density at radius 2 is 2.00 bits per heavy atom. The molecule has 0 aromatic heterocycles. The number of hydrogen-bond donors (Lipinski definition) is 0. The molecule has 2 heterocycles. The van der Waals surface area contributed by atoms with E-state index in [0.29, 0.717) is 6.54 Å². The fourth-order valence-electron chi connectivity index (χ4n) is 2.37. The Kier molecular flexibility index (Phi) is 2.84. The van der Waals surface area contributed by atoms with Gasteiger partial charge in [-0.3, -0.25) is 4.90 Å². The zero-order valence-electron chi connectivity index (χ0n) is 8.38. The lowest BCUT2D eigenvalue weighted by Gasteiger charge is -2.40. The number of rotatable bonds is 3. The molecule has 0 saturated carbocycles. The molecule has 0 aliphatic carbocycles. The molecule has 2 rings (SSSR count). The Bertz CT molecular complexity index is 168. The number of alkyl halides is 1. The molecular weight excluding hydrogens is 167 g/mol. The predicted molar refractivity (Wildman–Crippen MR) is 51.6 cm³/mol. The van der Waals surface area contributed by atoms with Crippen LogP contribution in [0.4, 0.5) is 4.39 Å². The highest BCUT2D eigenvalue weighted by atomic mass is 19.1. The van der Waals surface area contributed by atoms with Crippen molar-refractivity contribution in [1.29, 1.82) is 0 Å². The molecule has 0 radical (unpaired) electrons. The third-order valence-electron chi connectivity index (χ3n) is 3.21. The third kappa shape index (κ3) is 2.20. The second-order valence-electron chi connectivity index (χ2n) is 4.36. The monoisotopic (exact) mass is 186 g/mol. The van der Waals surface area contributed by atoms with Crippen molar-refractivity contribution >= 4 is 0 Å². The Hall–Kier alpha value is -0.150. The van der Waals surface area contributed by atoms with E-state index in [9.17, 15) is 4.39 Å². The van der Waals surface area contributed by atoms with Gasteiger partial charge in [0, 0.05) is 32.7 Å². The van der Waals surface area contributed by atoms with E-state index in [2.05, 4.69) is 16.7 Å². The molecule has 2 aliphatic rings. The van der Waals surface area contributed by atoms with E-state index in [4.69, 9.17) is 0 Å². The van der Waals surface area contributed by atoms with E-state index >= 15 is 0 Å². The average Bonchev–Trinajstić information content (AvgIpc) is 2.43. The van der Waals surface area contributed by atoms with Crippen LogP contribution in [0, 0.1) is 5.92 Å². The Balaban J connectivity index is 1.64. The molecule has 0 unspecified atom stereocenters. The van der Waals surface area contributed by atoms with E-state index in [0.717, 1.165) is 25.4 Å². The van der Waals surface area contributed by atoms with Gasteiger partial charge in [0.2, 0.25) is 0 Å². The summed E-state index contributed by atoms with van der Waals surface area (Å²) in [5.41, 5.74) is 0. The second-order valence-corrected chi connectivity index (χ2v) is 4.36. The van der Waals surface area contributed by atoms with Crippen LogP contribution < -0.4 is 0 Å². The van der Waals surface area contributed by atoms with Gasteiger partial charge in [0.15, 0.2) is 0 Å². The van der Waals surface area contributed by atoms with Crippen molar-refractivity contribution in [1.82, 2.24) is 9.80 Å². The number of likely N-dealkylation sites (tertiary alicyclic amines) is 2. The summed E-state index contributed by atoms with van der Waals surface area (Å²) in [6.07, 6.45) is 0.201. The molecule has 0 aromatic rings. The Morgan fingerprint density at radius 1 is 1.23 bits per heavy atom. The molecule has 1 atom stereocenters. The highest BCUT2D eigenvalue weighted by Crippen LogP contribution is 2.19. The minimum absolute atomic E-state index is 0.553. The van der Waals surface area contributed by atoms with E-state index in [1.807, 2.05) is 0 Å². The standard InChI is InChI=1S/C10H19FN2/c1-2-12-5-9(6-12)7-13-4-3-10(11)8-13/h9-10H,2-8H2,1H3/t10-/m0/s1. The minimum atomic E-state index is -0.553. The zero-order chi connectivity index (χ0) is 9.26. The normalized spacial score (nSPS) is 32.3. The second kappa shape index (κ2) is 3.93. The van der Waals surface area contributed by atoms with Crippen molar-refractivity contribution in [3.05, 3.63) is 0 Å². The van der Waals surface area contributed by atoms with Crippen LogP contribution in [0.15, 0.2) is 0 Å². The first kappa shape index (κ1) is 9.41. The quantitative estimate of drug-likeness (QED) is 0.648. The first-order chi connectivity index (χ1) is 6.28. The van der Waals surface area contributed by atoms with Crippen LogP contribution in [-0.4, -0.2) is 55.2 Å². The lowest BCUT2D eigenvalue weighted by molar-refractivity contribution is 0.0775. The van der Waals surface area contributed by atoms with Crippen LogP contribution in [-0.2, 0) is 0 Å². The van der Waals surface area contributed by atoms with E-state index in [1.54, 1.807) is 0 Å². The molecule has 0 amide bonds. The first-order valence-electron chi connectivity index (χ1n) is 5.36. The lowest BCUT2D eigenvalue weighted by atomic mass is 10.00. The van der Waals surface area contributed by atoms with Gasteiger partial charge in [0.1, 0.15) is 6.17 Å². The summed E-state index contributed by atoms with van der Waals surface area (Å²) in [7, 11) is 0. The van der Waals surface area contributed by atoms with Crippen molar-refractivity contribution in [2.75, 3.05) is 39.3 Å². The summed E-state index contributed by atoms with van der Waals surface area (Å²) < 4.78 is 12.8. The smallest absolute Gasteiger partial charge is 0.114 e. The molecule has 2 fully saturated rings. The van der Waals surface area contributed by atoms with Crippen molar-refractivity contribution in [3.63, 3.8) is 0 Å². The van der Waals surface area contributed by atoms with Crippen molar-refractivity contribution in [2.45, 2.75) is 19.5 Å². The van der Waals surface area contributed by atoms with Gasteiger partial charge in [0.05, 0.1) is 0 Å². The summed E-state index contributed by atoms with van der Waals surface area (Å²) in [6, 6.07) is 0. The van der Waals surface area contributed by atoms with Crippen molar-refractivity contribution in [3.8, 4) is 0 Å². The zero-order valence-corrected chi connectivity index (χ0v) is 8.38. The fourth-order valence-corrected chi connectivity index (χ4v) is 2.37. The third-order valence-corrected chi connectivity index (χ3v) is 3.21. The Labute approximate surface area is 79.7 Å². The van der Waals surface area contributed by atoms with Gasteiger partial charge in [-0.2, -0.15) is 0 Å². The Morgan fingerprint density at radius 3 is 2.54 bits per heavy atom. The molecule has 0 N–H and O–H groups in total. The van der Waals surface area contributed by atoms with Crippen LogP contribution >= 0.6 is 0 Å². The number of hydrogen-bond acceptors (Lipinski definition) is 2. The largest absolute Gasteiger partial charge is 0.303 e. The maximum Gasteiger partial charge on any atom is 0.114 e. The van der Waals surface area contributed by atoms with Crippen LogP contribution in [0.2, 0.25) is 0 Å². The van der Waals surface area contributed by atoms with E-state index in [1.165, 1.54) is 19.6 Å². The molecule has 2 aliphatic heterocycles. The maximum atomic E-state index is 12.8. The van der Waals surface area contributed by atoms with Crippen LogP contribution in [0.1, 0.15) is 13.3 Å². The first-order valence-corrected chi connectivity index (χ1v) is 5.36. The van der Waals surface area contributed by atoms with Gasteiger partial charge in [-0.05, 0) is 18.9 Å². The van der Waals surface area contributed by atoms with E-state index < -0.39 is 6.17 Å². The molecule has 2 nitrogen and oxygen atoms in total. The van der Waals surface area contributed by atoms with Gasteiger partial charge < -0.3 is 4.90 Å². The SMILES string of the molecule is CCN1CC(CN2CC[C@H](F)C2)C1. The summed E-state index contributed by atoms with van der Waals surface area (Å²) in [5.74, 6) is 0.810. The highest BCUT2D eigenvalue weighted by molar-refractivity contribution is 4.84. The maximum absolute atomic E-state index is 12.8. The summed E-state index contributed by atoms with van der Waals surface area (Å²) in [5, 5.41) is 0. The molecule has 3 heteroatoms. The molecule has 0 bridgehead atoms. The summed E-state index contributed by atoms with van der Waals surface area (Å²) >= 11 is 0. The topological polar surface area (TPSA) is 6.48 Å². The molecule has 76 valence electrons. The van der Waals surface area contributed by atoms with Crippen LogP contribution in [0.3, 0.4) is 0 Å². The molecular formula is C10H19FN2.